The molecule has 1 heterocycles. The molecule has 0 aliphatic heterocycles. The van der Waals surface area contributed by atoms with Crippen LogP contribution >= 0.6 is 0 Å². The Labute approximate surface area is 126 Å². The van der Waals surface area contributed by atoms with E-state index in [1.54, 1.807) is 20.8 Å². The Bertz CT molecular complexity index is 705. The van der Waals surface area contributed by atoms with Crippen LogP contribution in [-0.2, 0) is 16.1 Å². The van der Waals surface area contributed by atoms with Crippen LogP contribution in [-0.4, -0.2) is 21.4 Å². The molecule has 1 aromatic carbocycles. The summed E-state index contributed by atoms with van der Waals surface area (Å²) >= 11 is 0. The van der Waals surface area contributed by atoms with Crippen molar-refractivity contribution in [3.8, 4) is 11.1 Å². The quantitative estimate of drug-likeness (QED) is 0.699. The monoisotopic (exact) mass is 309 g/mol. The number of nitrogen functional groups attached to an aromatic ring is 1. The van der Waals surface area contributed by atoms with Gasteiger partial charge >= 0.3 is 5.97 Å². The number of nitrogens with two attached hydrogens (primary N) is 1. The van der Waals surface area contributed by atoms with Gasteiger partial charge in [-0.3, -0.25) is 9.48 Å². The van der Waals surface area contributed by atoms with Crippen molar-refractivity contribution in [3.05, 3.63) is 36.2 Å². The third-order valence-corrected chi connectivity index (χ3v) is 2.77. The highest BCUT2D eigenvalue weighted by atomic mass is 19.2. The average molecular weight is 309 g/mol. The van der Waals surface area contributed by atoms with E-state index in [2.05, 4.69) is 5.10 Å². The Morgan fingerprint density at radius 3 is 2.64 bits per heavy atom. The number of benzene rings is 1. The van der Waals surface area contributed by atoms with E-state index in [0.717, 1.165) is 0 Å². The number of nitrogens with zero attached hydrogens (tertiary/aromatic N) is 2. The number of ether oxygens (including phenoxy) is 1. The molecule has 0 saturated carbocycles. The van der Waals surface area contributed by atoms with E-state index >= 15 is 0 Å². The molecule has 0 aliphatic rings. The second kappa shape index (κ2) is 5.75. The van der Waals surface area contributed by atoms with Crippen molar-refractivity contribution >= 4 is 11.7 Å². The van der Waals surface area contributed by atoms with Crippen LogP contribution in [0.15, 0.2) is 24.5 Å². The molecular weight excluding hydrogens is 292 g/mol. The van der Waals surface area contributed by atoms with E-state index in [1.807, 2.05) is 0 Å². The fourth-order valence-corrected chi connectivity index (χ4v) is 1.88. The summed E-state index contributed by atoms with van der Waals surface area (Å²) in [5.41, 5.74) is 4.82. The molecule has 22 heavy (non-hydrogen) atoms. The van der Waals surface area contributed by atoms with E-state index in [4.69, 9.17) is 10.5 Å². The number of carbonyl (C=O) groups is 1. The number of carbonyl (C=O) groups excluding carboxylic acids is 1. The van der Waals surface area contributed by atoms with Crippen LogP contribution in [0.2, 0.25) is 0 Å². The summed E-state index contributed by atoms with van der Waals surface area (Å²) in [6.07, 6.45) is 2.79. The number of halogens is 2. The topological polar surface area (TPSA) is 70.1 Å². The number of aromatic nitrogens is 2. The number of anilines is 1. The third kappa shape index (κ3) is 3.60. The molecule has 0 unspecified atom stereocenters. The molecule has 0 atom stereocenters. The van der Waals surface area contributed by atoms with E-state index in [9.17, 15) is 13.6 Å². The highest BCUT2D eigenvalue weighted by Gasteiger charge is 2.18. The lowest BCUT2D eigenvalue weighted by Gasteiger charge is -2.19. The van der Waals surface area contributed by atoms with Crippen LogP contribution in [0.3, 0.4) is 0 Å². The van der Waals surface area contributed by atoms with E-state index in [0.29, 0.717) is 5.56 Å². The fourth-order valence-electron chi connectivity index (χ4n) is 1.88. The molecule has 7 heteroatoms. The van der Waals surface area contributed by atoms with Crippen LogP contribution in [0, 0.1) is 11.6 Å². The molecule has 5 nitrogen and oxygen atoms in total. The number of esters is 1. The zero-order valence-electron chi connectivity index (χ0n) is 12.6. The summed E-state index contributed by atoms with van der Waals surface area (Å²) in [6.45, 7) is 5.15. The molecule has 2 N–H and O–H groups in total. The first-order valence-corrected chi connectivity index (χ1v) is 6.65. The minimum Gasteiger partial charge on any atom is -0.459 e. The molecule has 2 aromatic rings. The maximum Gasteiger partial charge on any atom is 0.328 e. The predicted octanol–water partition coefficient (Wildman–Crippen LogP) is 2.75. The van der Waals surface area contributed by atoms with E-state index in [-0.39, 0.29) is 17.8 Å². The first kappa shape index (κ1) is 15.9. The molecule has 0 spiro atoms. The van der Waals surface area contributed by atoms with E-state index in [1.165, 1.54) is 29.2 Å². The molecule has 118 valence electrons. The maximum absolute atomic E-state index is 13.9. The Hall–Kier alpha value is -2.44. The zero-order chi connectivity index (χ0) is 16.5. The molecule has 0 bridgehead atoms. The first-order chi connectivity index (χ1) is 10.2. The molecule has 0 radical (unpaired) electrons. The Morgan fingerprint density at radius 2 is 2.00 bits per heavy atom. The van der Waals surface area contributed by atoms with Crippen LogP contribution in [0.4, 0.5) is 14.5 Å². The van der Waals surface area contributed by atoms with Crippen LogP contribution in [0.1, 0.15) is 20.8 Å². The highest BCUT2D eigenvalue weighted by Crippen LogP contribution is 2.27. The lowest BCUT2D eigenvalue weighted by molar-refractivity contribution is -0.155. The van der Waals surface area contributed by atoms with Crippen molar-refractivity contribution in [2.24, 2.45) is 0 Å². The van der Waals surface area contributed by atoms with Crippen molar-refractivity contribution in [3.63, 3.8) is 0 Å². The number of hydrogen-bond donors (Lipinski definition) is 1. The molecule has 0 fully saturated rings. The lowest BCUT2D eigenvalue weighted by atomic mass is 10.1. The van der Waals surface area contributed by atoms with Gasteiger partial charge in [0.1, 0.15) is 12.1 Å². The average Bonchev–Trinajstić information content (AvgIpc) is 2.82. The van der Waals surface area contributed by atoms with Crippen molar-refractivity contribution in [2.45, 2.75) is 32.9 Å². The minimum absolute atomic E-state index is 0.0298. The molecule has 0 aliphatic carbocycles. The first-order valence-electron chi connectivity index (χ1n) is 6.65. The van der Waals surface area contributed by atoms with Gasteiger partial charge in [-0.05, 0) is 32.9 Å². The highest BCUT2D eigenvalue weighted by molar-refractivity contribution is 5.70. The third-order valence-electron chi connectivity index (χ3n) is 2.77. The van der Waals surface area contributed by atoms with Gasteiger partial charge in [-0.25, -0.2) is 8.78 Å². The van der Waals surface area contributed by atoms with E-state index < -0.39 is 23.2 Å². The fraction of sp³-hybridized carbons (Fsp3) is 0.333. The Kier molecular flexibility index (Phi) is 4.16. The van der Waals surface area contributed by atoms with Crippen LogP contribution in [0.25, 0.3) is 11.1 Å². The Morgan fingerprint density at radius 1 is 1.32 bits per heavy atom. The van der Waals surface area contributed by atoms with Crippen molar-refractivity contribution in [1.29, 1.82) is 0 Å². The summed E-state index contributed by atoms with van der Waals surface area (Å²) in [5, 5.41) is 3.95. The second-order valence-electron chi connectivity index (χ2n) is 5.84. The molecule has 2 rings (SSSR count). The molecule has 0 amide bonds. The van der Waals surface area contributed by atoms with Gasteiger partial charge in [0.15, 0.2) is 11.6 Å². The maximum atomic E-state index is 13.9. The van der Waals surface area contributed by atoms with Crippen molar-refractivity contribution in [1.82, 2.24) is 9.78 Å². The standard InChI is InChI=1S/C15H17F2N3O2/c1-15(2,3)22-12(21)8-20-7-9(6-19-20)10-4-5-11(18)14(17)13(10)16/h4-7H,8,18H2,1-3H3. The Balaban J connectivity index is 2.19. The summed E-state index contributed by atoms with van der Waals surface area (Å²) in [4.78, 5) is 11.7. The van der Waals surface area contributed by atoms with Gasteiger partial charge in [0.2, 0.25) is 0 Å². The summed E-state index contributed by atoms with van der Waals surface area (Å²) in [5.74, 6) is -2.61. The second-order valence-corrected chi connectivity index (χ2v) is 5.84. The van der Waals surface area contributed by atoms with Crippen LogP contribution < -0.4 is 5.73 Å². The summed E-state index contributed by atoms with van der Waals surface area (Å²) in [6, 6.07) is 2.64. The lowest BCUT2D eigenvalue weighted by Crippen LogP contribution is -2.26. The zero-order valence-corrected chi connectivity index (χ0v) is 12.6. The SMILES string of the molecule is CC(C)(C)OC(=O)Cn1cc(-c2ccc(N)c(F)c2F)cn1. The number of hydrogen-bond acceptors (Lipinski definition) is 4. The molecule has 0 saturated heterocycles. The van der Waals surface area contributed by atoms with Crippen molar-refractivity contribution in [2.75, 3.05) is 5.73 Å². The van der Waals surface area contributed by atoms with Crippen LogP contribution in [0.5, 0.6) is 0 Å². The summed E-state index contributed by atoms with van der Waals surface area (Å²) < 4.78 is 33.8. The largest absolute Gasteiger partial charge is 0.459 e. The van der Waals surface area contributed by atoms with Gasteiger partial charge in [-0.2, -0.15) is 5.10 Å². The predicted molar refractivity (Wildman–Crippen MR) is 77.8 cm³/mol. The van der Waals surface area contributed by atoms with Crippen molar-refractivity contribution < 1.29 is 18.3 Å². The van der Waals surface area contributed by atoms with Gasteiger partial charge in [-0.15, -0.1) is 0 Å². The van der Waals surface area contributed by atoms with Gasteiger partial charge < -0.3 is 10.5 Å². The van der Waals surface area contributed by atoms with Gasteiger partial charge in [0.25, 0.3) is 0 Å². The van der Waals surface area contributed by atoms with Gasteiger partial charge in [-0.1, -0.05) is 0 Å². The van der Waals surface area contributed by atoms with Gasteiger partial charge in [0, 0.05) is 17.3 Å². The minimum atomic E-state index is -1.10. The smallest absolute Gasteiger partial charge is 0.328 e. The number of rotatable bonds is 3. The molecular formula is C15H17F2N3O2. The van der Waals surface area contributed by atoms with Gasteiger partial charge in [0.05, 0.1) is 11.9 Å². The normalized spacial score (nSPS) is 11.5. The molecule has 1 aromatic heterocycles. The summed E-state index contributed by atoms with van der Waals surface area (Å²) in [7, 11) is 0.